The number of carboxylic acids is 2. The summed E-state index contributed by atoms with van der Waals surface area (Å²) < 4.78 is 29.3. The predicted molar refractivity (Wildman–Crippen MR) is 106 cm³/mol. The second-order valence-corrected chi connectivity index (χ2v) is 8.77. The third kappa shape index (κ3) is 26.9. The largest absolute Gasteiger partial charge is 1.00 e. The van der Waals surface area contributed by atoms with Gasteiger partial charge in [0.1, 0.15) is 0 Å². The molecule has 0 aromatic rings. The molecule has 30 heavy (non-hydrogen) atoms. The first-order valence-electron chi connectivity index (χ1n) is 10.4. The van der Waals surface area contributed by atoms with E-state index in [1.54, 1.807) is 0 Å². The Labute approximate surface area is 227 Å². The Morgan fingerprint density at radius 3 is 1.53 bits per heavy atom. The Hall–Kier alpha value is 0.850. The zero-order chi connectivity index (χ0) is 22.0. The number of hydrogen-bond acceptors (Lipinski definition) is 7. The average Bonchev–Trinajstić information content (AvgIpc) is 2.64. The van der Waals surface area contributed by atoms with Crippen LogP contribution in [0.5, 0.6) is 0 Å². The Bertz CT molecular complexity index is 499. The first-order chi connectivity index (χ1) is 13.1. The van der Waals surface area contributed by atoms with Crippen LogP contribution in [-0.4, -0.2) is 32.7 Å². The van der Waals surface area contributed by atoms with Gasteiger partial charge in [0.15, 0.2) is 0 Å². The first-order valence-corrected chi connectivity index (χ1v) is 12.0. The minimum absolute atomic E-state index is 0. The molecule has 10 heteroatoms. The van der Waals surface area contributed by atoms with E-state index in [4.69, 9.17) is 4.18 Å². The summed E-state index contributed by atoms with van der Waals surface area (Å²) in [6, 6.07) is 0. The van der Waals surface area contributed by atoms with Gasteiger partial charge in [-0.25, -0.2) is 0 Å². The minimum Gasteiger partial charge on any atom is -0.550 e. The molecule has 0 saturated heterocycles. The molecule has 0 N–H and O–H groups in total. The summed E-state index contributed by atoms with van der Waals surface area (Å²) >= 11 is 0. The normalized spacial score (nSPS) is 12.4. The number of carbonyl (C=O) groups excluding carboxylic acids is 2. The van der Waals surface area contributed by atoms with Crippen LogP contribution < -0.4 is 69.3 Å². The quantitative estimate of drug-likeness (QED) is 0.167. The summed E-state index contributed by atoms with van der Waals surface area (Å²) in [6.45, 7) is 8.82. The van der Waals surface area contributed by atoms with Gasteiger partial charge < -0.3 is 19.8 Å². The van der Waals surface area contributed by atoms with Gasteiger partial charge in [-0.15, -0.1) is 0 Å². The van der Waals surface area contributed by atoms with Crippen LogP contribution in [0.25, 0.3) is 0 Å². The van der Waals surface area contributed by atoms with E-state index < -0.39 is 34.9 Å². The van der Waals surface area contributed by atoms with Gasteiger partial charge in [-0.3, -0.25) is 4.18 Å². The third-order valence-corrected chi connectivity index (χ3v) is 5.92. The van der Waals surface area contributed by atoms with E-state index >= 15 is 0 Å². The maximum absolute atomic E-state index is 12.0. The van der Waals surface area contributed by atoms with Crippen molar-refractivity contribution in [1.29, 1.82) is 0 Å². The summed E-state index contributed by atoms with van der Waals surface area (Å²) in [4.78, 5) is 19.0. The molecule has 168 valence electrons. The molecule has 0 radical (unpaired) electrons. The maximum Gasteiger partial charge on any atom is 1.00 e. The van der Waals surface area contributed by atoms with Gasteiger partial charge in [0, 0.05) is 11.9 Å². The second-order valence-electron chi connectivity index (χ2n) is 7.09. The van der Waals surface area contributed by atoms with Crippen LogP contribution in [0, 0.1) is 11.8 Å². The average molecular weight is 469 g/mol. The van der Waals surface area contributed by atoms with Crippen LogP contribution in [0.3, 0.4) is 0 Å². The maximum atomic E-state index is 12.0. The number of carbonyl (C=O) groups is 2. The van der Waals surface area contributed by atoms with Crippen LogP contribution >= 0.6 is 0 Å². The summed E-state index contributed by atoms with van der Waals surface area (Å²) in [7, 11) is -3.35. The monoisotopic (exact) mass is 468 g/mol. The van der Waals surface area contributed by atoms with Crippen LogP contribution in [0.1, 0.15) is 91.9 Å². The molecule has 0 amide bonds. The zero-order valence-corrected chi connectivity index (χ0v) is 24.7. The number of unbranched alkanes of at least 4 members (excludes halogenated alkanes) is 2. The standard InChI is InChI=1S/C16H34O3S.C4H6O4.2Na/c1-5-9-11-15(7-3)13-19-20(17,18)14-16(8-4)12-10-6-2;5-3(6)1-2-4(7)8;;/h15-16H,5-14H2,1-4H3;1-2H2,(H,5,6)(H,7,8);;/q;;2*+1/p-2. The van der Waals surface area contributed by atoms with Crippen molar-refractivity contribution in [3.8, 4) is 0 Å². The van der Waals surface area contributed by atoms with Crippen molar-refractivity contribution in [3.05, 3.63) is 0 Å². The SMILES string of the molecule is CCCCC(CC)COS(=O)(=O)CC(CC)CCCC.O=C([O-])CCC(=O)[O-].[Na+].[Na+]. The smallest absolute Gasteiger partial charge is 0.550 e. The Morgan fingerprint density at radius 1 is 0.800 bits per heavy atom. The van der Waals surface area contributed by atoms with Crippen LogP contribution in [0.4, 0.5) is 0 Å². The van der Waals surface area contributed by atoms with E-state index in [2.05, 4.69) is 27.7 Å². The van der Waals surface area contributed by atoms with Gasteiger partial charge >= 0.3 is 59.1 Å². The van der Waals surface area contributed by atoms with E-state index in [9.17, 15) is 28.2 Å². The van der Waals surface area contributed by atoms with Crippen LogP contribution in [-0.2, 0) is 23.9 Å². The van der Waals surface area contributed by atoms with Gasteiger partial charge in [0.05, 0.1) is 12.4 Å². The fraction of sp³-hybridized carbons (Fsp3) is 0.900. The van der Waals surface area contributed by atoms with E-state index in [-0.39, 0.29) is 70.8 Å². The molecule has 0 aromatic carbocycles. The minimum atomic E-state index is -3.35. The number of aliphatic carboxylic acids is 2. The molecule has 0 aromatic heterocycles. The topological polar surface area (TPSA) is 124 Å². The number of rotatable bonds is 16. The molecule has 0 heterocycles. The molecule has 0 aliphatic carbocycles. The molecule has 0 saturated carbocycles. The fourth-order valence-corrected chi connectivity index (χ4v) is 4.01. The van der Waals surface area contributed by atoms with E-state index in [1.165, 1.54) is 0 Å². The molecule has 0 aliphatic rings. The van der Waals surface area contributed by atoms with Crippen LogP contribution in [0.15, 0.2) is 0 Å². The Balaban J connectivity index is -0.000000288. The van der Waals surface area contributed by atoms with Crippen molar-refractivity contribution in [1.82, 2.24) is 0 Å². The van der Waals surface area contributed by atoms with Gasteiger partial charge in [-0.1, -0.05) is 66.2 Å². The van der Waals surface area contributed by atoms with Crippen molar-refractivity contribution in [2.24, 2.45) is 11.8 Å². The van der Waals surface area contributed by atoms with Crippen molar-refractivity contribution in [2.45, 2.75) is 91.9 Å². The summed E-state index contributed by atoms with van der Waals surface area (Å²) in [5.41, 5.74) is 0. The molecule has 0 fully saturated rings. The Morgan fingerprint density at radius 2 is 1.20 bits per heavy atom. The molecular weight excluding hydrogens is 430 g/mol. The van der Waals surface area contributed by atoms with Gasteiger partial charge in [0.25, 0.3) is 10.1 Å². The van der Waals surface area contributed by atoms with Crippen molar-refractivity contribution in [2.75, 3.05) is 12.4 Å². The molecular formula is C20H38Na2O7S. The van der Waals surface area contributed by atoms with Crippen molar-refractivity contribution in [3.63, 3.8) is 0 Å². The summed E-state index contributed by atoms with van der Waals surface area (Å²) in [6.07, 6.45) is 7.53. The summed E-state index contributed by atoms with van der Waals surface area (Å²) in [5.74, 6) is -1.92. The predicted octanol–water partition coefficient (Wildman–Crippen LogP) is -3.96. The number of carboxylic acid groups (broad SMARTS) is 2. The molecule has 0 spiro atoms. The van der Waals surface area contributed by atoms with Crippen LogP contribution in [0.2, 0.25) is 0 Å². The second kappa shape index (κ2) is 24.5. The third-order valence-electron chi connectivity index (χ3n) is 4.54. The molecule has 0 rings (SSSR count). The Kier molecular flexibility index (Phi) is 31.1. The number of hydrogen-bond donors (Lipinski definition) is 0. The molecule has 7 nitrogen and oxygen atoms in total. The van der Waals surface area contributed by atoms with Crippen molar-refractivity contribution < 1.29 is 91.5 Å². The fourth-order valence-electron chi connectivity index (χ4n) is 2.54. The van der Waals surface area contributed by atoms with E-state index in [0.29, 0.717) is 12.5 Å². The van der Waals surface area contributed by atoms with Gasteiger partial charge in [0.2, 0.25) is 0 Å². The molecule has 2 atom stereocenters. The van der Waals surface area contributed by atoms with Crippen molar-refractivity contribution >= 4 is 22.1 Å². The van der Waals surface area contributed by atoms with Gasteiger partial charge in [-0.05, 0) is 37.5 Å². The first kappa shape index (κ1) is 38.1. The summed E-state index contributed by atoms with van der Waals surface area (Å²) in [5, 5.41) is 19.0. The van der Waals surface area contributed by atoms with E-state index in [0.717, 1.165) is 51.4 Å². The van der Waals surface area contributed by atoms with E-state index in [1.807, 2.05) is 0 Å². The molecule has 0 bridgehead atoms. The molecule has 2 unspecified atom stereocenters. The van der Waals surface area contributed by atoms with Gasteiger partial charge in [-0.2, -0.15) is 8.42 Å². The molecule has 0 aliphatic heterocycles. The zero-order valence-electron chi connectivity index (χ0n) is 19.9.